The van der Waals surface area contributed by atoms with E-state index in [1.165, 1.54) is 4.90 Å². The largest absolute Gasteiger partial charge is 0.328 e. The second kappa shape index (κ2) is 5.51. The topological polar surface area (TPSA) is 40.6 Å². The van der Waals surface area contributed by atoms with Crippen molar-refractivity contribution in [2.24, 2.45) is 5.92 Å². The summed E-state index contributed by atoms with van der Waals surface area (Å²) in [5.41, 5.74) is 0.258. The Morgan fingerprint density at radius 2 is 1.62 bits per heavy atom. The summed E-state index contributed by atoms with van der Waals surface area (Å²) in [6.45, 7) is 10.1. The molecule has 1 saturated heterocycles. The molecule has 1 fully saturated rings. The lowest BCUT2D eigenvalue weighted by molar-refractivity contribution is -0.135. The molecule has 0 aromatic heterocycles. The van der Waals surface area contributed by atoms with Gasteiger partial charge < -0.3 is 4.90 Å². The van der Waals surface area contributed by atoms with Gasteiger partial charge in [-0.05, 0) is 32.3 Å². The lowest BCUT2D eigenvalue weighted by Gasteiger charge is -2.35. The van der Waals surface area contributed by atoms with Gasteiger partial charge in [0, 0.05) is 12.6 Å². The fourth-order valence-electron chi connectivity index (χ4n) is 2.79. The highest BCUT2D eigenvalue weighted by atomic mass is 16.2. The van der Waals surface area contributed by atoms with Crippen LogP contribution in [0.25, 0.3) is 0 Å². The van der Waals surface area contributed by atoms with Gasteiger partial charge in [0.15, 0.2) is 0 Å². The number of nitrogens with zero attached hydrogens (tertiary/aromatic N) is 2. The molecular weight excluding hydrogens is 264 g/mol. The van der Waals surface area contributed by atoms with Gasteiger partial charge >= 0.3 is 6.03 Å². The first-order valence-corrected chi connectivity index (χ1v) is 7.49. The molecule has 114 valence electrons. The number of imide groups is 1. The van der Waals surface area contributed by atoms with Crippen LogP contribution < -0.4 is 0 Å². The maximum atomic E-state index is 12.8. The Kier molecular flexibility index (Phi) is 4.08. The monoisotopic (exact) mass is 288 g/mol. The van der Waals surface area contributed by atoms with Crippen molar-refractivity contribution >= 4 is 11.9 Å². The highest BCUT2D eigenvalue weighted by Crippen LogP contribution is 2.36. The van der Waals surface area contributed by atoms with E-state index in [2.05, 4.69) is 0 Å². The van der Waals surface area contributed by atoms with Gasteiger partial charge in [-0.2, -0.15) is 0 Å². The van der Waals surface area contributed by atoms with E-state index in [0.717, 1.165) is 5.56 Å². The molecule has 1 aliphatic rings. The van der Waals surface area contributed by atoms with E-state index in [-0.39, 0.29) is 23.9 Å². The zero-order chi connectivity index (χ0) is 15.8. The minimum atomic E-state index is -0.781. The van der Waals surface area contributed by atoms with E-state index in [1.54, 1.807) is 4.90 Å². The third-order valence-electron chi connectivity index (χ3n) is 4.47. The molecule has 1 aromatic rings. The zero-order valence-electron chi connectivity index (χ0n) is 13.5. The zero-order valence-corrected chi connectivity index (χ0v) is 13.5. The van der Waals surface area contributed by atoms with Crippen LogP contribution >= 0.6 is 0 Å². The smallest absolute Gasteiger partial charge is 0.305 e. The van der Waals surface area contributed by atoms with Crippen molar-refractivity contribution in [3.63, 3.8) is 0 Å². The van der Waals surface area contributed by atoms with Gasteiger partial charge in [-0.15, -0.1) is 0 Å². The Balaban J connectivity index is 2.41. The van der Waals surface area contributed by atoms with Crippen molar-refractivity contribution in [2.45, 2.75) is 52.7 Å². The van der Waals surface area contributed by atoms with Crippen LogP contribution in [0.4, 0.5) is 4.79 Å². The van der Waals surface area contributed by atoms with Crippen molar-refractivity contribution in [3.8, 4) is 0 Å². The van der Waals surface area contributed by atoms with Crippen molar-refractivity contribution in [1.82, 2.24) is 9.80 Å². The van der Waals surface area contributed by atoms with Gasteiger partial charge in [-0.3, -0.25) is 9.69 Å². The Morgan fingerprint density at radius 3 is 2.10 bits per heavy atom. The standard InChI is InChI=1S/C17H24N2O2/c1-12(2)17(5)15(20)19(13(3)4)16(21)18(17)11-14-9-7-6-8-10-14/h6-10,12-13H,11H2,1-5H3. The molecule has 0 bridgehead atoms. The number of urea groups is 1. The fourth-order valence-corrected chi connectivity index (χ4v) is 2.79. The van der Waals surface area contributed by atoms with Crippen molar-refractivity contribution < 1.29 is 9.59 Å². The first-order valence-electron chi connectivity index (χ1n) is 7.49. The summed E-state index contributed by atoms with van der Waals surface area (Å²) in [4.78, 5) is 28.6. The molecule has 1 unspecified atom stereocenters. The molecule has 0 spiro atoms. The average molecular weight is 288 g/mol. The lowest BCUT2D eigenvalue weighted by atomic mass is 9.86. The molecular formula is C17H24N2O2. The van der Waals surface area contributed by atoms with Gasteiger partial charge in [0.25, 0.3) is 5.91 Å². The van der Waals surface area contributed by atoms with E-state index in [4.69, 9.17) is 0 Å². The molecule has 3 amide bonds. The molecule has 0 aliphatic carbocycles. The number of carbonyl (C=O) groups is 2. The van der Waals surface area contributed by atoms with Gasteiger partial charge in [0.2, 0.25) is 0 Å². The predicted molar refractivity (Wildman–Crippen MR) is 82.6 cm³/mol. The number of hydrogen-bond donors (Lipinski definition) is 0. The minimum Gasteiger partial charge on any atom is -0.305 e. The van der Waals surface area contributed by atoms with Crippen LogP contribution in [0.1, 0.15) is 40.2 Å². The summed E-state index contributed by atoms with van der Waals surface area (Å²) < 4.78 is 0. The van der Waals surface area contributed by atoms with Gasteiger partial charge in [-0.1, -0.05) is 44.2 Å². The molecule has 21 heavy (non-hydrogen) atoms. The molecule has 4 heteroatoms. The molecule has 0 N–H and O–H groups in total. The van der Waals surface area contributed by atoms with Crippen LogP contribution in [0.3, 0.4) is 0 Å². The molecule has 1 aromatic carbocycles. The molecule has 1 aliphatic heterocycles. The Bertz CT molecular complexity index is 539. The highest BCUT2D eigenvalue weighted by Gasteiger charge is 2.56. The molecule has 4 nitrogen and oxygen atoms in total. The Morgan fingerprint density at radius 1 is 1.05 bits per heavy atom. The van der Waals surface area contributed by atoms with Crippen LogP contribution in [0.5, 0.6) is 0 Å². The van der Waals surface area contributed by atoms with Crippen LogP contribution in [0, 0.1) is 5.92 Å². The second-order valence-electron chi connectivity index (χ2n) is 6.43. The number of carbonyl (C=O) groups excluding carboxylic acids is 2. The van der Waals surface area contributed by atoms with E-state index in [1.807, 2.05) is 65.0 Å². The molecule has 2 rings (SSSR count). The summed E-state index contributed by atoms with van der Waals surface area (Å²) in [6.07, 6.45) is 0. The van der Waals surface area contributed by atoms with E-state index in [0.29, 0.717) is 6.54 Å². The Hall–Kier alpha value is -1.84. The van der Waals surface area contributed by atoms with Crippen LogP contribution in [0.15, 0.2) is 30.3 Å². The first-order chi connectivity index (χ1) is 9.80. The van der Waals surface area contributed by atoms with Gasteiger partial charge in [0.05, 0.1) is 0 Å². The van der Waals surface area contributed by atoms with Crippen LogP contribution in [-0.2, 0) is 11.3 Å². The lowest BCUT2D eigenvalue weighted by Crippen LogP contribution is -2.51. The quantitative estimate of drug-likeness (QED) is 0.798. The van der Waals surface area contributed by atoms with E-state index in [9.17, 15) is 9.59 Å². The molecule has 0 radical (unpaired) electrons. The highest BCUT2D eigenvalue weighted by molar-refractivity contribution is 6.07. The number of benzene rings is 1. The second-order valence-corrected chi connectivity index (χ2v) is 6.43. The van der Waals surface area contributed by atoms with Gasteiger partial charge in [0.1, 0.15) is 5.54 Å². The molecule has 0 saturated carbocycles. The number of hydrogen-bond acceptors (Lipinski definition) is 2. The fraction of sp³-hybridized carbons (Fsp3) is 0.529. The maximum absolute atomic E-state index is 12.8. The number of amides is 3. The van der Waals surface area contributed by atoms with Crippen molar-refractivity contribution in [2.75, 3.05) is 0 Å². The SMILES string of the molecule is CC(C)N1C(=O)N(Cc2ccccc2)C(C)(C(C)C)C1=O. The van der Waals surface area contributed by atoms with Crippen LogP contribution in [0.2, 0.25) is 0 Å². The Labute approximate surface area is 126 Å². The van der Waals surface area contributed by atoms with Crippen LogP contribution in [-0.4, -0.2) is 33.3 Å². The summed E-state index contributed by atoms with van der Waals surface area (Å²) in [5, 5.41) is 0. The maximum Gasteiger partial charge on any atom is 0.328 e. The van der Waals surface area contributed by atoms with E-state index < -0.39 is 5.54 Å². The normalized spacial score (nSPS) is 22.8. The predicted octanol–water partition coefficient (Wildman–Crippen LogP) is 3.27. The van der Waals surface area contributed by atoms with Crippen molar-refractivity contribution in [3.05, 3.63) is 35.9 Å². The molecule has 1 atom stereocenters. The van der Waals surface area contributed by atoms with Crippen molar-refractivity contribution in [1.29, 1.82) is 0 Å². The van der Waals surface area contributed by atoms with Gasteiger partial charge in [-0.25, -0.2) is 4.79 Å². The minimum absolute atomic E-state index is 0.0569. The number of rotatable bonds is 4. The third-order valence-corrected chi connectivity index (χ3v) is 4.47. The summed E-state index contributed by atoms with van der Waals surface area (Å²) in [6, 6.07) is 9.50. The van der Waals surface area contributed by atoms with E-state index >= 15 is 0 Å². The summed E-state index contributed by atoms with van der Waals surface area (Å²) in [7, 11) is 0. The average Bonchev–Trinajstić information content (AvgIpc) is 2.62. The third kappa shape index (κ3) is 2.43. The first kappa shape index (κ1) is 15.5. The summed E-state index contributed by atoms with van der Waals surface area (Å²) >= 11 is 0. The molecule has 1 heterocycles. The summed E-state index contributed by atoms with van der Waals surface area (Å²) in [5.74, 6) is -0.0326.